The van der Waals surface area contributed by atoms with E-state index < -0.39 is 6.10 Å². The van der Waals surface area contributed by atoms with Crippen molar-refractivity contribution in [3.05, 3.63) is 48.5 Å². The van der Waals surface area contributed by atoms with Gasteiger partial charge in [-0.1, -0.05) is 11.8 Å². The van der Waals surface area contributed by atoms with Crippen molar-refractivity contribution in [2.45, 2.75) is 56.5 Å². The molecule has 3 aliphatic heterocycles. The molecule has 0 saturated carbocycles. The first kappa shape index (κ1) is 29.5. The van der Waals surface area contributed by atoms with Gasteiger partial charge >= 0.3 is 0 Å². The minimum Gasteiger partial charge on any atom is -0.491 e. The Kier molecular flexibility index (Phi) is 12.4. The van der Waals surface area contributed by atoms with Crippen molar-refractivity contribution < 1.29 is 19.3 Å². The third-order valence-corrected chi connectivity index (χ3v) is 14.8. The third-order valence-electron chi connectivity index (χ3n) is 6.30. The van der Waals surface area contributed by atoms with Gasteiger partial charge in [-0.15, -0.1) is 47.0 Å². The molecule has 5 rings (SSSR count). The lowest BCUT2D eigenvalue weighted by molar-refractivity contribution is 0.126. The summed E-state index contributed by atoms with van der Waals surface area (Å²) in [6, 6.07) is 16.4. The van der Waals surface area contributed by atoms with Gasteiger partial charge in [-0.25, -0.2) is 0 Å². The van der Waals surface area contributed by atoms with Crippen LogP contribution in [-0.4, -0.2) is 80.3 Å². The van der Waals surface area contributed by atoms with Crippen LogP contribution in [0.15, 0.2) is 58.3 Å². The standard InChI is InChI=1S/C28H36O4S6/c29-20(19-33-12-11-28-36-15-16-37-28)17-30-21-1-5-23(6-2-21)38-24-7-3-22(4-8-24)31-18-26-25(32-26)9-10-27-34-13-14-35-27/h1-8,20,25-29H,9-19H2. The molecule has 0 aliphatic carbocycles. The maximum absolute atomic E-state index is 10.2. The molecule has 208 valence electrons. The SMILES string of the molecule is OC(COc1ccc(Sc2ccc(OCC3OC3CCC3SCCS3)cc2)cc1)CSCCC1SCCS1. The van der Waals surface area contributed by atoms with E-state index in [0.29, 0.717) is 19.3 Å². The third kappa shape index (κ3) is 10.2. The van der Waals surface area contributed by atoms with E-state index in [0.717, 1.165) is 43.5 Å². The van der Waals surface area contributed by atoms with Crippen LogP contribution in [0.1, 0.15) is 19.3 Å². The van der Waals surface area contributed by atoms with Crippen LogP contribution < -0.4 is 9.47 Å². The van der Waals surface area contributed by atoms with Crippen molar-refractivity contribution in [2.75, 3.05) is 47.7 Å². The molecule has 3 heterocycles. The van der Waals surface area contributed by atoms with E-state index in [9.17, 15) is 5.11 Å². The summed E-state index contributed by atoms with van der Waals surface area (Å²) in [5.74, 6) is 8.68. The zero-order valence-corrected chi connectivity index (χ0v) is 26.3. The highest BCUT2D eigenvalue weighted by molar-refractivity contribution is 8.20. The Balaban J connectivity index is 0.943. The van der Waals surface area contributed by atoms with Crippen molar-refractivity contribution in [2.24, 2.45) is 0 Å². The van der Waals surface area contributed by atoms with Gasteiger partial charge in [-0.3, -0.25) is 0 Å². The van der Waals surface area contributed by atoms with E-state index in [1.54, 1.807) is 11.8 Å². The van der Waals surface area contributed by atoms with Gasteiger partial charge in [0.05, 0.1) is 21.4 Å². The summed E-state index contributed by atoms with van der Waals surface area (Å²) in [6.07, 6.45) is 3.81. The normalized spacial score (nSPS) is 22.6. The monoisotopic (exact) mass is 628 g/mol. The molecule has 3 fully saturated rings. The van der Waals surface area contributed by atoms with Crippen molar-refractivity contribution in [1.29, 1.82) is 0 Å². The Morgan fingerprint density at radius 2 is 1.34 bits per heavy atom. The molecule has 38 heavy (non-hydrogen) atoms. The predicted octanol–water partition coefficient (Wildman–Crippen LogP) is 7.24. The van der Waals surface area contributed by atoms with Gasteiger partial charge in [0.25, 0.3) is 0 Å². The number of rotatable bonds is 16. The number of hydrogen-bond acceptors (Lipinski definition) is 10. The molecule has 3 atom stereocenters. The Labute approximate surface area is 252 Å². The van der Waals surface area contributed by atoms with Gasteiger partial charge in [0.2, 0.25) is 0 Å². The summed E-state index contributed by atoms with van der Waals surface area (Å²) in [5, 5.41) is 10.2. The topological polar surface area (TPSA) is 51.2 Å². The fourth-order valence-corrected chi connectivity index (χ4v) is 11.9. The van der Waals surface area contributed by atoms with Crippen LogP contribution in [0.4, 0.5) is 0 Å². The lowest BCUT2D eigenvalue weighted by atomic mass is 10.2. The summed E-state index contributed by atoms with van der Waals surface area (Å²) in [5.41, 5.74) is 0. The first-order chi connectivity index (χ1) is 18.7. The number of aliphatic hydroxyl groups is 1. The number of hydrogen-bond donors (Lipinski definition) is 1. The number of epoxide rings is 1. The molecule has 10 heteroatoms. The second-order valence-corrected chi connectivity index (χ2v) is 17.5. The molecule has 3 saturated heterocycles. The molecule has 2 aromatic carbocycles. The van der Waals surface area contributed by atoms with Gasteiger partial charge in [-0.2, -0.15) is 11.8 Å². The Morgan fingerprint density at radius 3 is 1.97 bits per heavy atom. The van der Waals surface area contributed by atoms with E-state index in [1.807, 2.05) is 36.0 Å². The summed E-state index contributed by atoms with van der Waals surface area (Å²) >= 11 is 11.9. The van der Waals surface area contributed by atoms with Crippen LogP contribution >= 0.6 is 70.6 Å². The summed E-state index contributed by atoms with van der Waals surface area (Å²) < 4.78 is 19.1. The van der Waals surface area contributed by atoms with E-state index >= 15 is 0 Å². The highest BCUT2D eigenvalue weighted by atomic mass is 32.2. The molecular formula is C28H36O4S6. The van der Waals surface area contributed by atoms with Gasteiger partial charge in [0, 0.05) is 38.6 Å². The van der Waals surface area contributed by atoms with Crippen molar-refractivity contribution in [3.8, 4) is 11.5 Å². The fraction of sp³-hybridized carbons (Fsp3) is 0.571. The first-order valence-corrected chi connectivity index (χ1v) is 19.4. The maximum Gasteiger partial charge on any atom is 0.119 e. The minimum atomic E-state index is -0.439. The van der Waals surface area contributed by atoms with E-state index in [-0.39, 0.29) is 6.10 Å². The summed E-state index contributed by atoms with van der Waals surface area (Å²) in [7, 11) is 0. The van der Waals surface area contributed by atoms with Crippen LogP contribution in [0.2, 0.25) is 0 Å². The zero-order valence-electron chi connectivity index (χ0n) is 21.4. The molecule has 0 aromatic heterocycles. The number of aliphatic hydroxyl groups excluding tert-OH is 1. The molecule has 1 N–H and O–H groups in total. The first-order valence-electron chi connectivity index (χ1n) is 13.2. The Hall–Kier alpha value is 0.0600. The van der Waals surface area contributed by atoms with Crippen molar-refractivity contribution >= 4 is 70.6 Å². The minimum absolute atomic E-state index is 0.251. The van der Waals surface area contributed by atoms with E-state index in [2.05, 4.69) is 71.3 Å². The van der Waals surface area contributed by atoms with Gasteiger partial charge in [0.1, 0.15) is 30.8 Å². The lowest BCUT2D eigenvalue weighted by Crippen LogP contribution is -2.20. The van der Waals surface area contributed by atoms with E-state index in [4.69, 9.17) is 14.2 Å². The molecular weight excluding hydrogens is 593 g/mol. The summed E-state index contributed by atoms with van der Waals surface area (Å²) in [4.78, 5) is 2.32. The van der Waals surface area contributed by atoms with Crippen molar-refractivity contribution in [3.63, 3.8) is 0 Å². The van der Waals surface area contributed by atoms with Gasteiger partial charge < -0.3 is 19.3 Å². The lowest BCUT2D eigenvalue weighted by Gasteiger charge is -2.13. The molecule has 0 bridgehead atoms. The van der Waals surface area contributed by atoms with Crippen LogP contribution in [0, 0.1) is 0 Å². The van der Waals surface area contributed by atoms with Crippen LogP contribution in [-0.2, 0) is 4.74 Å². The zero-order chi connectivity index (χ0) is 26.0. The van der Waals surface area contributed by atoms with Crippen LogP contribution in [0.5, 0.6) is 11.5 Å². The highest BCUT2D eigenvalue weighted by Crippen LogP contribution is 2.38. The Morgan fingerprint density at radius 1 is 0.763 bits per heavy atom. The van der Waals surface area contributed by atoms with Gasteiger partial charge in [-0.05, 0) is 73.5 Å². The molecule has 3 unspecified atom stereocenters. The van der Waals surface area contributed by atoms with E-state index in [1.165, 1.54) is 40.7 Å². The highest BCUT2D eigenvalue weighted by Gasteiger charge is 2.39. The quantitative estimate of drug-likeness (QED) is 0.152. The maximum atomic E-state index is 10.2. The average Bonchev–Trinajstić information content (AvgIpc) is 3.27. The second-order valence-electron chi connectivity index (χ2n) is 9.32. The fourth-order valence-electron chi connectivity index (χ4n) is 4.19. The second kappa shape index (κ2) is 15.9. The average molecular weight is 629 g/mol. The molecule has 0 amide bonds. The predicted molar refractivity (Wildman–Crippen MR) is 171 cm³/mol. The largest absolute Gasteiger partial charge is 0.491 e. The molecule has 0 spiro atoms. The summed E-state index contributed by atoms with van der Waals surface area (Å²) in [6.45, 7) is 0.967. The molecule has 0 radical (unpaired) electrons. The molecule has 2 aromatic rings. The smallest absolute Gasteiger partial charge is 0.119 e. The van der Waals surface area contributed by atoms with Crippen LogP contribution in [0.3, 0.4) is 0 Å². The Bertz CT molecular complexity index is 951. The van der Waals surface area contributed by atoms with Crippen LogP contribution in [0.25, 0.3) is 0 Å². The van der Waals surface area contributed by atoms with Crippen molar-refractivity contribution in [1.82, 2.24) is 0 Å². The molecule has 3 aliphatic rings. The van der Waals surface area contributed by atoms with Gasteiger partial charge in [0.15, 0.2) is 0 Å². The molecule has 4 nitrogen and oxygen atoms in total. The number of benzene rings is 2. The number of thioether (sulfide) groups is 5. The number of ether oxygens (including phenoxy) is 3.